The van der Waals surface area contributed by atoms with Crippen molar-refractivity contribution in [3.8, 4) is 5.75 Å². The van der Waals surface area contributed by atoms with E-state index in [0.29, 0.717) is 6.07 Å². The maximum absolute atomic E-state index is 13.7. The molecule has 2 amide bonds. The summed E-state index contributed by atoms with van der Waals surface area (Å²) < 4.78 is 59.1. The molecule has 0 aromatic heterocycles. The second-order valence-corrected chi connectivity index (χ2v) is 6.88. The molecule has 0 saturated carbocycles. The maximum atomic E-state index is 13.7. The molecule has 0 fully saturated rings. The number of benzene rings is 3. The summed E-state index contributed by atoms with van der Waals surface area (Å²) in [5.41, 5.74) is -0.887. The van der Waals surface area contributed by atoms with Gasteiger partial charge in [0.15, 0.2) is 0 Å². The van der Waals surface area contributed by atoms with Crippen LogP contribution in [-0.4, -0.2) is 18.9 Å². The molecule has 5 nitrogen and oxygen atoms in total. The topological polar surface area (TPSA) is 67.4 Å². The predicted octanol–water partition coefficient (Wildman–Crippen LogP) is 5.67. The van der Waals surface area contributed by atoms with Crippen LogP contribution in [0.3, 0.4) is 0 Å². The van der Waals surface area contributed by atoms with Crippen LogP contribution in [0.25, 0.3) is 0 Å². The number of carbonyl (C=O) groups is 2. The Hall–Kier alpha value is -3.88. The molecule has 0 heterocycles. The molecule has 166 valence electrons. The van der Waals surface area contributed by atoms with Crippen LogP contribution in [0.1, 0.15) is 31.8 Å². The molecule has 3 rings (SSSR count). The number of halogens is 4. The van der Waals surface area contributed by atoms with Crippen molar-refractivity contribution in [2.75, 3.05) is 17.7 Å². The van der Waals surface area contributed by atoms with Gasteiger partial charge in [0.25, 0.3) is 11.8 Å². The Morgan fingerprint density at radius 1 is 0.875 bits per heavy atom. The van der Waals surface area contributed by atoms with Crippen molar-refractivity contribution in [2.24, 2.45) is 0 Å². The van der Waals surface area contributed by atoms with Crippen LogP contribution in [0.2, 0.25) is 0 Å². The predicted molar refractivity (Wildman–Crippen MR) is 111 cm³/mol. The highest BCUT2D eigenvalue weighted by molar-refractivity contribution is 6.07. The van der Waals surface area contributed by atoms with Gasteiger partial charge in [-0.2, -0.15) is 13.2 Å². The van der Waals surface area contributed by atoms with Crippen LogP contribution in [0.5, 0.6) is 5.75 Å². The zero-order chi connectivity index (χ0) is 23.5. The summed E-state index contributed by atoms with van der Waals surface area (Å²) in [6, 6.07) is 12.3. The molecular weight excluding hydrogens is 428 g/mol. The van der Waals surface area contributed by atoms with Gasteiger partial charge in [-0.3, -0.25) is 9.59 Å². The summed E-state index contributed by atoms with van der Waals surface area (Å²) in [5, 5.41) is 4.59. The lowest BCUT2D eigenvalue weighted by Gasteiger charge is -2.17. The van der Waals surface area contributed by atoms with Crippen LogP contribution in [0, 0.1) is 12.7 Å². The minimum atomic E-state index is -4.81. The fraction of sp³-hybridized carbons (Fsp3) is 0.130. The highest BCUT2D eigenvalue weighted by Gasteiger charge is 2.34. The van der Waals surface area contributed by atoms with E-state index in [0.717, 1.165) is 23.8 Å². The summed E-state index contributed by atoms with van der Waals surface area (Å²) in [7, 11) is 1.35. The fourth-order valence-electron chi connectivity index (χ4n) is 2.96. The average Bonchev–Trinajstić information content (AvgIpc) is 2.74. The minimum absolute atomic E-state index is 0.0730. The number of methoxy groups -OCH3 is 1. The van der Waals surface area contributed by atoms with Gasteiger partial charge in [-0.05, 0) is 61.5 Å². The van der Waals surface area contributed by atoms with Crippen LogP contribution in [0.4, 0.5) is 28.9 Å². The van der Waals surface area contributed by atoms with Crippen molar-refractivity contribution in [1.82, 2.24) is 0 Å². The quantitative estimate of drug-likeness (QED) is 0.497. The van der Waals surface area contributed by atoms with Gasteiger partial charge in [0, 0.05) is 11.3 Å². The number of amides is 2. The number of nitrogens with one attached hydrogen (secondary N) is 2. The lowest BCUT2D eigenvalue weighted by molar-refractivity contribution is -0.136. The summed E-state index contributed by atoms with van der Waals surface area (Å²) in [6.07, 6.45) is -4.81. The third-order valence-corrected chi connectivity index (χ3v) is 4.54. The van der Waals surface area contributed by atoms with Gasteiger partial charge < -0.3 is 15.4 Å². The Morgan fingerprint density at radius 2 is 1.56 bits per heavy atom. The van der Waals surface area contributed by atoms with E-state index in [-0.39, 0.29) is 22.6 Å². The molecule has 0 bridgehead atoms. The first-order chi connectivity index (χ1) is 15.1. The Kier molecular flexibility index (Phi) is 6.47. The van der Waals surface area contributed by atoms with Gasteiger partial charge in [-0.1, -0.05) is 11.6 Å². The van der Waals surface area contributed by atoms with E-state index in [9.17, 15) is 27.2 Å². The average molecular weight is 446 g/mol. The first-order valence-corrected chi connectivity index (χ1v) is 9.32. The highest BCUT2D eigenvalue weighted by Crippen LogP contribution is 2.37. The third kappa shape index (κ3) is 5.23. The van der Waals surface area contributed by atoms with E-state index in [1.165, 1.54) is 31.4 Å². The van der Waals surface area contributed by atoms with Crippen molar-refractivity contribution in [2.45, 2.75) is 13.1 Å². The summed E-state index contributed by atoms with van der Waals surface area (Å²) in [4.78, 5) is 24.9. The van der Waals surface area contributed by atoms with E-state index in [1.54, 1.807) is 19.1 Å². The molecule has 3 aromatic rings. The Labute approximate surface area is 181 Å². The van der Waals surface area contributed by atoms with Crippen molar-refractivity contribution in [1.29, 1.82) is 0 Å². The molecule has 0 aliphatic heterocycles. The van der Waals surface area contributed by atoms with Gasteiger partial charge in [-0.15, -0.1) is 0 Å². The smallest absolute Gasteiger partial charge is 0.418 e. The van der Waals surface area contributed by atoms with E-state index in [1.807, 2.05) is 0 Å². The Bertz CT molecular complexity index is 1160. The van der Waals surface area contributed by atoms with Crippen LogP contribution >= 0.6 is 0 Å². The first kappa shape index (κ1) is 22.8. The monoisotopic (exact) mass is 446 g/mol. The van der Waals surface area contributed by atoms with Gasteiger partial charge >= 0.3 is 6.18 Å². The Morgan fingerprint density at radius 3 is 2.19 bits per heavy atom. The molecule has 0 radical (unpaired) electrons. The van der Waals surface area contributed by atoms with Gasteiger partial charge in [-0.25, -0.2) is 4.39 Å². The Balaban J connectivity index is 1.89. The SMILES string of the molecule is COc1ccc(C)cc1C(=O)Nc1ccc(NC(=O)c2ccc(F)cc2)cc1C(F)(F)F. The van der Waals surface area contributed by atoms with Crippen molar-refractivity contribution in [3.63, 3.8) is 0 Å². The van der Waals surface area contributed by atoms with E-state index in [4.69, 9.17) is 4.74 Å². The van der Waals surface area contributed by atoms with Crippen LogP contribution < -0.4 is 15.4 Å². The molecule has 0 unspecified atom stereocenters. The second-order valence-electron chi connectivity index (χ2n) is 6.88. The van der Waals surface area contributed by atoms with Crippen molar-refractivity contribution >= 4 is 23.2 Å². The second kappa shape index (κ2) is 9.09. The van der Waals surface area contributed by atoms with Gasteiger partial charge in [0.2, 0.25) is 0 Å². The molecule has 0 saturated heterocycles. The zero-order valence-electron chi connectivity index (χ0n) is 17.0. The van der Waals surface area contributed by atoms with Crippen LogP contribution in [0.15, 0.2) is 60.7 Å². The minimum Gasteiger partial charge on any atom is -0.496 e. The van der Waals surface area contributed by atoms with E-state index >= 15 is 0 Å². The summed E-state index contributed by atoms with van der Waals surface area (Å²) >= 11 is 0. The highest BCUT2D eigenvalue weighted by atomic mass is 19.4. The summed E-state index contributed by atoms with van der Waals surface area (Å²) in [5.74, 6) is -1.82. The number of hydrogen-bond acceptors (Lipinski definition) is 3. The lowest BCUT2D eigenvalue weighted by atomic mass is 10.1. The largest absolute Gasteiger partial charge is 0.496 e. The van der Waals surface area contributed by atoms with Gasteiger partial charge in [0.1, 0.15) is 11.6 Å². The molecule has 0 atom stereocenters. The zero-order valence-corrected chi connectivity index (χ0v) is 17.0. The number of ether oxygens (including phenoxy) is 1. The normalized spacial score (nSPS) is 11.1. The third-order valence-electron chi connectivity index (χ3n) is 4.54. The number of aryl methyl sites for hydroxylation is 1. The molecule has 0 aliphatic carbocycles. The molecular formula is C23H18F4N2O3. The number of rotatable bonds is 5. The lowest BCUT2D eigenvalue weighted by Crippen LogP contribution is -2.18. The maximum Gasteiger partial charge on any atom is 0.418 e. The number of anilines is 2. The van der Waals surface area contributed by atoms with E-state index < -0.39 is 35.1 Å². The molecule has 3 aromatic carbocycles. The molecule has 0 spiro atoms. The molecule has 2 N–H and O–H groups in total. The van der Waals surface area contributed by atoms with Gasteiger partial charge in [0.05, 0.1) is 23.9 Å². The number of alkyl halides is 3. The number of carbonyl (C=O) groups excluding carboxylic acids is 2. The fourth-order valence-corrected chi connectivity index (χ4v) is 2.96. The van der Waals surface area contributed by atoms with E-state index in [2.05, 4.69) is 10.6 Å². The first-order valence-electron chi connectivity index (χ1n) is 9.32. The summed E-state index contributed by atoms with van der Waals surface area (Å²) in [6.45, 7) is 1.73. The van der Waals surface area contributed by atoms with Crippen molar-refractivity contribution < 1.29 is 31.9 Å². The van der Waals surface area contributed by atoms with Crippen LogP contribution in [-0.2, 0) is 6.18 Å². The molecule has 0 aliphatic rings. The number of hydrogen-bond donors (Lipinski definition) is 2. The standard InChI is InChI=1S/C23H18F4N2O3/c1-13-3-10-20(32-2)17(11-13)22(31)29-19-9-8-16(12-18(19)23(25,26)27)28-21(30)14-4-6-15(24)7-5-14/h3-12H,1-2H3,(H,28,30)(H,29,31). The van der Waals surface area contributed by atoms with Crippen molar-refractivity contribution in [3.05, 3.63) is 88.7 Å². The molecule has 9 heteroatoms. The molecule has 32 heavy (non-hydrogen) atoms.